The molecule has 0 atom stereocenters. The third-order valence-electron chi connectivity index (χ3n) is 4.80. The van der Waals surface area contributed by atoms with Gasteiger partial charge < -0.3 is 19.5 Å². The van der Waals surface area contributed by atoms with Gasteiger partial charge in [-0.15, -0.1) is 0 Å². The van der Waals surface area contributed by atoms with Gasteiger partial charge in [0.05, 0.1) is 13.2 Å². The Morgan fingerprint density at radius 1 is 1.14 bits per heavy atom. The van der Waals surface area contributed by atoms with Crippen LogP contribution in [0.5, 0.6) is 0 Å². The third kappa shape index (κ3) is 5.24. The zero-order chi connectivity index (χ0) is 21.0. The fraction of sp³-hybridized carbons (Fsp3) is 0.450. The minimum absolute atomic E-state index is 0.125. The molecule has 1 fully saturated rings. The van der Waals surface area contributed by atoms with E-state index in [0.717, 1.165) is 12.1 Å². The molecule has 8 nitrogen and oxygen atoms in total. The molecule has 1 aromatic heterocycles. The van der Waals surface area contributed by atoms with Gasteiger partial charge in [0.1, 0.15) is 10.6 Å². The van der Waals surface area contributed by atoms with E-state index in [1.807, 2.05) is 38.4 Å². The van der Waals surface area contributed by atoms with Crippen molar-refractivity contribution in [3.05, 3.63) is 53.3 Å². The summed E-state index contributed by atoms with van der Waals surface area (Å²) in [6.45, 7) is 2.64. The van der Waals surface area contributed by atoms with Crippen molar-refractivity contribution in [1.82, 2.24) is 19.1 Å². The predicted octanol–water partition coefficient (Wildman–Crippen LogP) is 1.04. The lowest BCUT2D eigenvalue weighted by Gasteiger charge is -2.25. The minimum Gasteiger partial charge on any atom is -0.379 e. The molecule has 29 heavy (non-hydrogen) atoms. The lowest BCUT2D eigenvalue weighted by Crippen LogP contribution is -2.40. The van der Waals surface area contributed by atoms with E-state index >= 15 is 0 Å². The molecule has 3 rings (SSSR count). The number of morpholine rings is 1. The number of hydrogen-bond donors (Lipinski definition) is 1. The van der Waals surface area contributed by atoms with Crippen LogP contribution in [0.3, 0.4) is 0 Å². The summed E-state index contributed by atoms with van der Waals surface area (Å²) in [5.74, 6) is -0.312. The second kappa shape index (κ2) is 9.08. The van der Waals surface area contributed by atoms with Crippen molar-refractivity contribution in [3.63, 3.8) is 0 Å². The fourth-order valence-electron chi connectivity index (χ4n) is 3.24. The van der Waals surface area contributed by atoms with Crippen molar-refractivity contribution in [3.8, 4) is 0 Å². The summed E-state index contributed by atoms with van der Waals surface area (Å²) in [4.78, 5) is 14.8. The molecule has 1 N–H and O–H groups in total. The number of aryl methyl sites for hydroxylation is 1. The fourth-order valence-corrected chi connectivity index (χ4v) is 4.72. The first-order chi connectivity index (χ1) is 13.8. The van der Waals surface area contributed by atoms with Crippen molar-refractivity contribution in [1.29, 1.82) is 0 Å². The number of sulfonamides is 1. The highest BCUT2D eigenvalue weighted by Crippen LogP contribution is 2.19. The van der Waals surface area contributed by atoms with Gasteiger partial charge in [0.15, 0.2) is 0 Å². The van der Waals surface area contributed by atoms with Gasteiger partial charge in [-0.3, -0.25) is 4.79 Å². The Kier molecular flexibility index (Phi) is 6.74. The number of carbonyl (C=O) groups is 1. The molecule has 2 heterocycles. The predicted molar refractivity (Wildman–Crippen MR) is 110 cm³/mol. The third-order valence-corrected chi connectivity index (χ3v) is 6.66. The number of nitrogens with one attached hydrogen (secondary N) is 1. The first-order valence-corrected chi connectivity index (χ1v) is 11.0. The smallest absolute Gasteiger partial charge is 0.268 e. The van der Waals surface area contributed by atoms with Crippen LogP contribution in [0.25, 0.3) is 0 Å². The van der Waals surface area contributed by atoms with Gasteiger partial charge in [0.2, 0.25) is 10.0 Å². The van der Waals surface area contributed by atoms with Crippen LogP contribution in [-0.2, 0) is 34.9 Å². The van der Waals surface area contributed by atoms with Crippen LogP contribution in [0.1, 0.15) is 21.6 Å². The summed E-state index contributed by atoms with van der Waals surface area (Å²) < 4.78 is 33.7. The Morgan fingerprint density at radius 2 is 1.76 bits per heavy atom. The molecule has 9 heteroatoms. The number of aromatic nitrogens is 1. The minimum atomic E-state index is -3.63. The Morgan fingerprint density at radius 3 is 2.38 bits per heavy atom. The Balaban J connectivity index is 1.65. The number of carbonyl (C=O) groups excluding carboxylic acids is 1. The van der Waals surface area contributed by atoms with Crippen molar-refractivity contribution >= 4 is 15.9 Å². The molecule has 1 aliphatic rings. The van der Waals surface area contributed by atoms with Crippen LogP contribution in [0.4, 0.5) is 0 Å². The lowest BCUT2D eigenvalue weighted by molar-refractivity contribution is 0.0730. The Hall–Kier alpha value is -2.20. The molecule has 2 aromatic rings. The molecular weight excluding hydrogens is 392 g/mol. The summed E-state index contributed by atoms with van der Waals surface area (Å²) in [5.41, 5.74) is 2.49. The normalized spacial score (nSPS) is 15.6. The van der Waals surface area contributed by atoms with Gasteiger partial charge in [-0.05, 0) is 31.3 Å². The van der Waals surface area contributed by atoms with Crippen LogP contribution in [0.2, 0.25) is 0 Å². The highest BCUT2D eigenvalue weighted by atomic mass is 32.2. The van der Waals surface area contributed by atoms with Crippen LogP contribution in [-0.4, -0.2) is 68.5 Å². The van der Waals surface area contributed by atoms with Crippen LogP contribution in [0, 0.1) is 0 Å². The van der Waals surface area contributed by atoms with E-state index in [1.165, 1.54) is 22.1 Å². The van der Waals surface area contributed by atoms with Gasteiger partial charge in [0.25, 0.3) is 5.91 Å². The van der Waals surface area contributed by atoms with E-state index in [2.05, 4.69) is 10.2 Å². The second-order valence-electron chi connectivity index (χ2n) is 7.43. The lowest BCUT2D eigenvalue weighted by atomic mass is 10.1. The number of nitrogens with zero attached hydrogens (tertiary/aromatic N) is 3. The van der Waals surface area contributed by atoms with Gasteiger partial charge >= 0.3 is 0 Å². The van der Waals surface area contributed by atoms with Crippen LogP contribution >= 0.6 is 0 Å². The molecular formula is C20H28N4O4S. The Bertz CT molecular complexity index is 945. The maximum Gasteiger partial charge on any atom is 0.268 e. The van der Waals surface area contributed by atoms with Gasteiger partial charge in [-0.1, -0.05) is 24.3 Å². The highest BCUT2D eigenvalue weighted by Gasteiger charge is 2.28. The second-order valence-corrected chi connectivity index (χ2v) is 9.36. The van der Waals surface area contributed by atoms with Crippen molar-refractivity contribution in [2.45, 2.75) is 18.0 Å². The van der Waals surface area contributed by atoms with Gasteiger partial charge in [-0.25, -0.2) is 8.42 Å². The number of benzene rings is 1. The van der Waals surface area contributed by atoms with Crippen molar-refractivity contribution in [2.24, 2.45) is 7.05 Å². The summed E-state index contributed by atoms with van der Waals surface area (Å²) in [6.07, 6.45) is 1.48. The summed E-state index contributed by atoms with van der Waals surface area (Å²) in [7, 11) is 2.07. The van der Waals surface area contributed by atoms with E-state index in [1.54, 1.807) is 11.6 Å². The number of hydrogen-bond acceptors (Lipinski definition) is 5. The first-order valence-electron chi connectivity index (χ1n) is 9.52. The standard InChI is InChI=1S/C20H28N4O4S/c1-22(2)14-17-6-4-16(5-7-17)13-21-20(25)19-12-18(15-23(19)3)29(26,27)24-8-10-28-11-9-24/h4-7,12,15H,8-11,13-14H2,1-3H3,(H,21,25). The molecule has 1 saturated heterocycles. The average Bonchev–Trinajstić information content (AvgIpc) is 3.10. The van der Waals surface area contributed by atoms with E-state index in [9.17, 15) is 13.2 Å². The largest absolute Gasteiger partial charge is 0.379 e. The molecule has 0 saturated carbocycles. The molecule has 1 aliphatic heterocycles. The number of rotatable bonds is 7. The quantitative estimate of drug-likeness (QED) is 0.724. The maximum atomic E-state index is 12.8. The van der Waals surface area contributed by atoms with E-state index in [4.69, 9.17) is 4.74 Å². The molecule has 1 amide bonds. The molecule has 0 aliphatic carbocycles. The van der Waals surface area contributed by atoms with Gasteiger partial charge in [0, 0.05) is 39.4 Å². The molecule has 0 bridgehead atoms. The summed E-state index contributed by atoms with van der Waals surface area (Å²) >= 11 is 0. The van der Waals surface area contributed by atoms with Gasteiger partial charge in [-0.2, -0.15) is 4.31 Å². The van der Waals surface area contributed by atoms with Crippen molar-refractivity contribution < 1.29 is 17.9 Å². The molecule has 1 aromatic carbocycles. The maximum absolute atomic E-state index is 12.8. The molecule has 0 radical (unpaired) electrons. The SMILES string of the molecule is CN(C)Cc1ccc(CNC(=O)c2cc(S(=O)(=O)N3CCOCC3)cn2C)cc1. The van der Waals surface area contributed by atoms with E-state index < -0.39 is 10.0 Å². The molecule has 0 spiro atoms. The monoisotopic (exact) mass is 420 g/mol. The zero-order valence-corrected chi connectivity index (χ0v) is 17.9. The molecule has 0 unspecified atom stereocenters. The Labute approximate surface area is 172 Å². The molecule has 158 valence electrons. The zero-order valence-electron chi connectivity index (χ0n) is 17.1. The van der Waals surface area contributed by atoms with Crippen molar-refractivity contribution in [2.75, 3.05) is 40.4 Å². The van der Waals surface area contributed by atoms with E-state index in [0.29, 0.717) is 38.5 Å². The number of ether oxygens (including phenoxy) is 1. The van der Waals surface area contributed by atoms with Crippen LogP contribution in [0.15, 0.2) is 41.4 Å². The number of amides is 1. The topological polar surface area (TPSA) is 83.9 Å². The average molecular weight is 421 g/mol. The summed E-state index contributed by atoms with van der Waals surface area (Å²) in [6, 6.07) is 9.48. The first kappa shape index (κ1) is 21.5. The summed E-state index contributed by atoms with van der Waals surface area (Å²) in [5, 5.41) is 2.86. The highest BCUT2D eigenvalue weighted by molar-refractivity contribution is 7.89. The van der Waals surface area contributed by atoms with Crippen LogP contribution < -0.4 is 5.32 Å². The van der Waals surface area contributed by atoms with E-state index in [-0.39, 0.29) is 10.8 Å².